The number of nitrogens with zero attached hydrogens (tertiary/aromatic N) is 8. The van der Waals surface area contributed by atoms with E-state index >= 15 is 0 Å². The van der Waals surface area contributed by atoms with Gasteiger partial charge >= 0.3 is 0 Å². The Kier molecular flexibility index (Phi) is 12.8. The number of hydrogen-bond donors (Lipinski definition) is 4. The van der Waals surface area contributed by atoms with Crippen molar-refractivity contribution < 1.29 is 19.8 Å². The summed E-state index contributed by atoms with van der Waals surface area (Å²) in [6.07, 6.45) is 14.3. The average Bonchev–Trinajstić information content (AvgIpc) is 3.91. The molecule has 0 spiro atoms. The van der Waals surface area contributed by atoms with Crippen LogP contribution in [0.4, 0.5) is 22.7 Å². The molecule has 0 aromatic carbocycles. The Labute approximate surface area is 293 Å². The lowest BCUT2D eigenvalue weighted by Crippen LogP contribution is -2.16. The first-order valence-corrected chi connectivity index (χ1v) is 17.4. The van der Waals surface area contributed by atoms with Gasteiger partial charge in [0.25, 0.3) is 0 Å². The number of carbonyl (C=O) groups excluding carboxylic acids is 2. The maximum atomic E-state index is 12.3. The van der Waals surface area contributed by atoms with Gasteiger partial charge in [-0.15, -0.1) is 0 Å². The molecule has 2 aliphatic rings. The molecule has 50 heavy (non-hydrogen) atoms. The van der Waals surface area contributed by atoms with Gasteiger partial charge in [0, 0.05) is 75.1 Å². The van der Waals surface area contributed by atoms with Crippen LogP contribution < -0.4 is 10.6 Å². The molecular formula is C36H50N10O4. The second-order valence-corrected chi connectivity index (χ2v) is 13.2. The highest BCUT2D eigenvalue weighted by atomic mass is 16.3. The number of aliphatic hydroxyl groups excluding tert-OH is 2. The summed E-state index contributed by atoms with van der Waals surface area (Å²) in [4.78, 5) is 37.5. The summed E-state index contributed by atoms with van der Waals surface area (Å²) < 4.78 is 4.04. The number of nitrogens with one attached hydrogen (secondary N) is 2. The first kappa shape index (κ1) is 36.8. The first-order valence-electron chi connectivity index (χ1n) is 17.4. The first-order chi connectivity index (χ1) is 24.2. The molecule has 268 valence electrons. The average molecular weight is 687 g/mol. The molecule has 0 radical (unpaired) electrons. The molecule has 14 heteroatoms. The lowest BCUT2D eigenvalue weighted by atomic mass is 10.1. The number of aryl methyl sites for hydroxylation is 2. The third-order valence-corrected chi connectivity index (χ3v) is 9.22. The fourth-order valence-corrected chi connectivity index (χ4v) is 6.35. The molecule has 4 aromatic heterocycles. The van der Waals surface area contributed by atoms with Crippen molar-refractivity contribution in [3.05, 3.63) is 71.8 Å². The van der Waals surface area contributed by atoms with E-state index in [1.807, 2.05) is 35.6 Å². The van der Waals surface area contributed by atoms with Crippen molar-refractivity contribution in [2.75, 3.05) is 64.1 Å². The van der Waals surface area contributed by atoms with E-state index in [0.29, 0.717) is 60.3 Å². The maximum Gasteiger partial charge on any atom is 0.165 e. The smallest absolute Gasteiger partial charge is 0.165 e. The second kappa shape index (κ2) is 17.4. The molecule has 4 N–H and O–H groups in total. The molecule has 2 atom stereocenters. The topological polar surface area (TPSA) is 167 Å². The second-order valence-electron chi connectivity index (χ2n) is 13.2. The largest absolute Gasteiger partial charge is 0.396 e. The van der Waals surface area contributed by atoms with E-state index < -0.39 is 0 Å². The van der Waals surface area contributed by atoms with Crippen molar-refractivity contribution in [2.45, 2.75) is 64.5 Å². The van der Waals surface area contributed by atoms with Crippen molar-refractivity contribution in [1.29, 1.82) is 0 Å². The van der Waals surface area contributed by atoms with Gasteiger partial charge in [-0.05, 0) is 78.8 Å². The maximum absolute atomic E-state index is 12.3. The summed E-state index contributed by atoms with van der Waals surface area (Å²) in [6, 6.07) is 4.21. The number of aromatic nitrogens is 6. The lowest BCUT2D eigenvalue weighted by Gasteiger charge is -2.11. The number of ketones is 2. The summed E-state index contributed by atoms with van der Waals surface area (Å²) in [6.45, 7) is 8.11. The molecule has 0 aliphatic carbocycles. The normalized spacial score (nSPS) is 17.8. The number of anilines is 4. The fraction of sp³-hybridized carbons (Fsp3) is 0.500. The summed E-state index contributed by atoms with van der Waals surface area (Å²) in [5, 5.41) is 33.8. The van der Waals surface area contributed by atoms with Crippen LogP contribution >= 0.6 is 0 Å². The van der Waals surface area contributed by atoms with Gasteiger partial charge in [-0.25, -0.2) is 0 Å². The SMILES string of the molecule is Cc1nn([C@@H]2CCN(C)C2)cc1Nc1cnccc1C(=O)CCCO.Cc1nn([C@H]2CCN(C)C2)cc1Nc1cnccc1C(=O)CCCO. The summed E-state index contributed by atoms with van der Waals surface area (Å²) >= 11 is 0. The molecular weight excluding hydrogens is 636 g/mol. The van der Waals surface area contributed by atoms with Crippen LogP contribution in [-0.2, 0) is 0 Å². The lowest BCUT2D eigenvalue weighted by molar-refractivity contribution is 0.0964. The van der Waals surface area contributed by atoms with E-state index in [9.17, 15) is 9.59 Å². The zero-order valence-corrected chi connectivity index (χ0v) is 29.5. The van der Waals surface area contributed by atoms with Gasteiger partial charge in [-0.3, -0.25) is 28.9 Å². The van der Waals surface area contributed by atoms with Crippen LogP contribution in [-0.4, -0.2) is 115 Å². The van der Waals surface area contributed by atoms with Crippen molar-refractivity contribution in [1.82, 2.24) is 39.3 Å². The Morgan fingerprint density at radius 3 is 1.50 bits per heavy atom. The van der Waals surface area contributed by atoms with Gasteiger partial charge in [0.15, 0.2) is 11.6 Å². The number of pyridine rings is 2. The predicted molar refractivity (Wildman–Crippen MR) is 193 cm³/mol. The predicted octanol–water partition coefficient (Wildman–Crippen LogP) is 4.32. The van der Waals surface area contributed by atoms with Gasteiger partial charge in [0.1, 0.15) is 0 Å². The Bertz CT molecular complexity index is 1610. The zero-order chi connectivity index (χ0) is 35.6. The highest BCUT2D eigenvalue weighted by Gasteiger charge is 2.24. The quantitative estimate of drug-likeness (QED) is 0.139. The Morgan fingerprint density at radius 1 is 0.720 bits per heavy atom. The minimum Gasteiger partial charge on any atom is -0.396 e. The van der Waals surface area contributed by atoms with Crippen molar-refractivity contribution in [2.24, 2.45) is 0 Å². The number of Topliss-reactive ketones (excluding diaryl/α,β-unsaturated/α-hetero) is 2. The Hall–Kier alpha value is -4.50. The minimum atomic E-state index is 0.00131. The monoisotopic (exact) mass is 686 g/mol. The zero-order valence-electron chi connectivity index (χ0n) is 29.5. The number of likely N-dealkylation sites (tertiary alicyclic amines) is 2. The van der Waals surface area contributed by atoms with Crippen LogP contribution in [0.25, 0.3) is 0 Å². The van der Waals surface area contributed by atoms with E-state index in [1.165, 1.54) is 0 Å². The van der Waals surface area contributed by atoms with E-state index in [0.717, 1.165) is 61.8 Å². The molecule has 2 saturated heterocycles. The van der Waals surface area contributed by atoms with Crippen molar-refractivity contribution in [3.63, 3.8) is 0 Å². The van der Waals surface area contributed by atoms with E-state index in [4.69, 9.17) is 10.2 Å². The van der Waals surface area contributed by atoms with Crippen molar-refractivity contribution >= 4 is 34.3 Å². The van der Waals surface area contributed by atoms with Gasteiger partial charge in [-0.2, -0.15) is 10.2 Å². The standard InChI is InChI=1S/2C18H25N5O2/c2*1-13-17(12-23(21-13)14-6-8-22(2)11-14)20-16-10-19-7-5-15(16)18(25)4-3-9-24/h2*5,7,10,12,14,20,24H,3-4,6,8-9,11H2,1-2H3/t2*14-/m10/s1. The highest BCUT2D eigenvalue weighted by Crippen LogP contribution is 2.29. The number of aliphatic hydroxyl groups is 2. The van der Waals surface area contributed by atoms with E-state index in [2.05, 4.69) is 54.7 Å². The number of hydrogen-bond acceptors (Lipinski definition) is 12. The van der Waals surface area contributed by atoms with Crippen molar-refractivity contribution in [3.8, 4) is 0 Å². The molecule has 2 fully saturated rings. The number of likely N-dealkylation sites (N-methyl/N-ethyl adjacent to an activating group) is 2. The van der Waals surface area contributed by atoms with Crippen LogP contribution in [0, 0.1) is 13.8 Å². The summed E-state index contributed by atoms with van der Waals surface area (Å²) in [5.41, 5.74) is 6.11. The molecule has 6 heterocycles. The van der Waals surface area contributed by atoms with Crippen LogP contribution in [0.1, 0.15) is 82.7 Å². The molecule has 14 nitrogen and oxygen atoms in total. The molecule has 0 bridgehead atoms. The number of rotatable bonds is 14. The number of carbonyl (C=O) groups is 2. The Morgan fingerprint density at radius 2 is 1.14 bits per heavy atom. The molecule has 0 saturated carbocycles. The molecule has 2 aliphatic heterocycles. The third-order valence-electron chi connectivity index (χ3n) is 9.22. The summed E-state index contributed by atoms with van der Waals surface area (Å²) in [7, 11) is 4.24. The molecule has 0 amide bonds. The molecule has 4 aromatic rings. The third kappa shape index (κ3) is 9.38. The van der Waals surface area contributed by atoms with E-state index in [-0.39, 0.29) is 24.8 Å². The van der Waals surface area contributed by atoms with Crippen LogP contribution in [0.15, 0.2) is 49.3 Å². The van der Waals surface area contributed by atoms with Gasteiger partial charge < -0.3 is 30.6 Å². The molecule has 6 rings (SSSR count). The van der Waals surface area contributed by atoms with E-state index in [1.54, 1.807) is 36.9 Å². The molecule has 0 unspecified atom stereocenters. The fourth-order valence-electron chi connectivity index (χ4n) is 6.35. The van der Waals surface area contributed by atoms with Crippen LogP contribution in [0.2, 0.25) is 0 Å². The van der Waals surface area contributed by atoms with Gasteiger partial charge in [0.2, 0.25) is 0 Å². The van der Waals surface area contributed by atoms with Gasteiger partial charge in [0.05, 0.1) is 58.6 Å². The minimum absolute atomic E-state index is 0.00131. The van der Waals surface area contributed by atoms with Gasteiger partial charge in [-0.1, -0.05) is 0 Å². The summed E-state index contributed by atoms with van der Waals surface area (Å²) in [5.74, 6) is 0.00262. The highest BCUT2D eigenvalue weighted by molar-refractivity contribution is 6.02. The van der Waals surface area contributed by atoms with Crippen LogP contribution in [0.5, 0.6) is 0 Å². The van der Waals surface area contributed by atoms with Crippen LogP contribution in [0.3, 0.4) is 0 Å². The Balaban J connectivity index is 0.000000194.